The van der Waals surface area contributed by atoms with Gasteiger partial charge in [0, 0.05) is 6.07 Å². The molecule has 3 heterocycles. The minimum atomic E-state index is -1.14. The van der Waals surface area contributed by atoms with Crippen LogP contribution < -0.4 is 14.8 Å². The summed E-state index contributed by atoms with van der Waals surface area (Å²) in [6.45, 7) is 2.27. The maximum Gasteiger partial charge on any atom is 0.272 e. The molecule has 27 heavy (non-hydrogen) atoms. The van der Waals surface area contributed by atoms with Gasteiger partial charge in [-0.25, -0.2) is 9.07 Å². The number of aromatic nitrogens is 2. The molecule has 8 heteroatoms. The van der Waals surface area contributed by atoms with Crippen molar-refractivity contribution in [2.75, 3.05) is 6.61 Å². The molecule has 2 aromatic rings. The Kier molecular flexibility index (Phi) is 4.44. The number of carbonyl (C=O) groups is 1. The lowest BCUT2D eigenvalue weighted by Gasteiger charge is -2.26. The molecule has 0 spiro atoms. The zero-order chi connectivity index (χ0) is 19.0. The molecule has 3 atom stereocenters. The van der Waals surface area contributed by atoms with E-state index in [1.54, 1.807) is 18.2 Å². The SMILES string of the molecule is CCC1Oc2cc(C(=O)N[C@H]3COc4ccc(C#N)cc4C3)nn2CC1F. The van der Waals surface area contributed by atoms with Gasteiger partial charge in [0.25, 0.3) is 5.91 Å². The molecule has 7 nitrogen and oxygen atoms in total. The zero-order valence-corrected chi connectivity index (χ0v) is 14.8. The predicted octanol–water partition coefficient (Wildman–Crippen LogP) is 2.00. The average Bonchev–Trinajstić information content (AvgIpc) is 3.09. The van der Waals surface area contributed by atoms with Crippen LogP contribution in [-0.4, -0.2) is 40.6 Å². The second-order valence-corrected chi connectivity index (χ2v) is 6.75. The first-order chi connectivity index (χ1) is 13.1. The average molecular weight is 370 g/mol. The third-order valence-corrected chi connectivity index (χ3v) is 4.83. The van der Waals surface area contributed by atoms with E-state index in [0.29, 0.717) is 30.9 Å². The van der Waals surface area contributed by atoms with E-state index in [2.05, 4.69) is 16.5 Å². The van der Waals surface area contributed by atoms with Gasteiger partial charge in [0.2, 0.25) is 5.88 Å². The molecule has 140 valence electrons. The number of nitrogens with one attached hydrogen (secondary N) is 1. The van der Waals surface area contributed by atoms with E-state index in [1.807, 2.05) is 6.92 Å². The molecule has 2 unspecified atom stereocenters. The molecule has 2 aliphatic heterocycles. The fourth-order valence-corrected chi connectivity index (χ4v) is 3.40. The van der Waals surface area contributed by atoms with Gasteiger partial charge in [-0.1, -0.05) is 6.92 Å². The first-order valence-corrected chi connectivity index (χ1v) is 8.92. The molecule has 1 aromatic carbocycles. The Morgan fingerprint density at radius 3 is 3.11 bits per heavy atom. The predicted molar refractivity (Wildman–Crippen MR) is 93.4 cm³/mol. The molecular formula is C19H19FN4O3. The van der Waals surface area contributed by atoms with Crippen molar-refractivity contribution in [3.8, 4) is 17.7 Å². The van der Waals surface area contributed by atoms with Crippen LogP contribution in [0, 0.1) is 11.3 Å². The quantitative estimate of drug-likeness (QED) is 0.893. The van der Waals surface area contributed by atoms with Crippen molar-refractivity contribution in [3.05, 3.63) is 41.1 Å². The number of amides is 1. The Morgan fingerprint density at radius 1 is 1.48 bits per heavy atom. The van der Waals surface area contributed by atoms with Crippen molar-refractivity contribution >= 4 is 5.91 Å². The van der Waals surface area contributed by atoms with Crippen LogP contribution in [0.15, 0.2) is 24.3 Å². The van der Waals surface area contributed by atoms with E-state index in [9.17, 15) is 9.18 Å². The lowest BCUT2D eigenvalue weighted by molar-refractivity contribution is 0.0425. The molecule has 1 N–H and O–H groups in total. The van der Waals surface area contributed by atoms with Crippen molar-refractivity contribution in [2.45, 2.75) is 44.6 Å². The fourth-order valence-electron chi connectivity index (χ4n) is 3.40. The number of alkyl halides is 1. The van der Waals surface area contributed by atoms with E-state index in [-0.39, 0.29) is 24.2 Å². The minimum Gasteiger partial charge on any atom is -0.491 e. The highest BCUT2D eigenvalue weighted by molar-refractivity contribution is 5.92. The van der Waals surface area contributed by atoms with Crippen LogP contribution in [0.25, 0.3) is 0 Å². The number of hydrogen-bond acceptors (Lipinski definition) is 5. The van der Waals surface area contributed by atoms with Crippen LogP contribution in [0.4, 0.5) is 4.39 Å². The summed E-state index contributed by atoms with van der Waals surface area (Å²) in [5.41, 5.74) is 1.61. The van der Waals surface area contributed by atoms with Crippen molar-refractivity contribution in [1.82, 2.24) is 15.1 Å². The fraction of sp³-hybridized carbons (Fsp3) is 0.421. The van der Waals surface area contributed by atoms with Gasteiger partial charge in [-0.05, 0) is 36.6 Å². The summed E-state index contributed by atoms with van der Waals surface area (Å²) >= 11 is 0. The van der Waals surface area contributed by atoms with Crippen molar-refractivity contribution in [1.29, 1.82) is 5.26 Å². The summed E-state index contributed by atoms with van der Waals surface area (Å²) in [5.74, 6) is 0.771. The van der Waals surface area contributed by atoms with Crippen LogP contribution in [0.2, 0.25) is 0 Å². The number of nitrogens with zero attached hydrogens (tertiary/aromatic N) is 3. The molecule has 0 radical (unpaired) electrons. The molecule has 1 amide bonds. The van der Waals surface area contributed by atoms with Gasteiger partial charge >= 0.3 is 0 Å². The lowest BCUT2D eigenvalue weighted by Crippen LogP contribution is -2.43. The number of fused-ring (bicyclic) bond motifs is 2. The first-order valence-electron chi connectivity index (χ1n) is 8.92. The Bertz CT molecular complexity index is 920. The largest absolute Gasteiger partial charge is 0.491 e. The first kappa shape index (κ1) is 17.3. The molecule has 0 aliphatic carbocycles. The number of hydrogen-bond donors (Lipinski definition) is 1. The smallest absolute Gasteiger partial charge is 0.272 e. The van der Waals surface area contributed by atoms with Gasteiger partial charge in [-0.2, -0.15) is 10.4 Å². The highest BCUT2D eigenvalue weighted by Crippen LogP contribution is 2.27. The summed E-state index contributed by atoms with van der Waals surface area (Å²) in [6.07, 6.45) is -0.541. The molecular weight excluding hydrogens is 351 g/mol. The molecule has 1 aromatic heterocycles. The maximum atomic E-state index is 14.0. The standard InChI is InChI=1S/C19H19FN4O3/c1-2-16-14(20)9-24-18(27-16)7-15(23-24)19(25)22-13-6-12-5-11(8-21)3-4-17(12)26-10-13/h3-5,7,13-14,16H,2,6,9-10H2,1H3,(H,22,25)/t13-,14?,16?/m1/s1. The monoisotopic (exact) mass is 370 g/mol. The number of ether oxygens (including phenoxy) is 2. The third kappa shape index (κ3) is 3.33. The Balaban J connectivity index is 1.45. The van der Waals surface area contributed by atoms with E-state index in [0.717, 1.165) is 11.3 Å². The summed E-state index contributed by atoms with van der Waals surface area (Å²) in [5, 5.41) is 16.1. The molecule has 0 saturated carbocycles. The van der Waals surface area contributed by atoms with Crippen LogP contribution in [-0.2, 0) is 13.0 Å². The zero-order valence-electron chi connectivity index (χ0n) is 14.8. The summed E-state index contributed by atoms with van der Waals surface area (Å²) in [6, 6.07) is 8.63. The van der Waals surface area contributed by atoms with Gasteiger partial charge < -0.3 is 14.8 Å². The summed E-state index contributed by atoms with van der Waals surface area (Å²) in [4.78, 5) is 12.6. The van der Waals surface area contributed by atoms with E-state index >= 15 is 0 Å². The van der Waals surface area contributed by atoms with Crippen LogP contribution >= 0.6 is 0 Å². The highest BCUT2D eigenvalue weighted by Gasteiger charge is 2.31. The molecule has 0 fully saturated rings. The molecule has 2 aliphatic rings. The Labute approximate surface area is 155 Å². The Hall–Kier alpha value is -3.08. The molecule has 4 rings (SSSR count). The van der Waals surface area contributed by atoms with Crippen LogP contribution in [0.1, 0.15) is 35.0 Å². The second kappa shape index (κ2) is 6.91. The van der Waals surface area contributed by atoms with Crippen LogP contribution in [0.3, 0.4) is 0 Å². The van der Waals surface area contributed by atoms with Gasteiger partial charge in [-0.15, -0.1) is 0 Å². The normalized spacial score (nSPS) is 23.2. The topological polar surface area (TPSA) is 89.2 Å². The van der Waals surface area contributed by atoms with Crippen molar-refractivity contribution in [2.24, 2.45) is 0 Å². The molecule has 0 saturated heterocycles. The van der Waals surface area contributed by atoms with Gasteiger partial charge in [0.05, 0.1) is 24.2 Å². The van der Waals surface area contributed by atoms with E-state index < -0.39 is 12.3 Å². The van der Waals surface area contributed by atoms with Gasteiger partial charge in [-0.3, -0.25) is 4.79 Å². The van der Waals surface area contributed by atoms with Crippen molar-refractivity contribution in [3.63, 3.8) is 0 Å². The van der Waals surface area contributed by atoms with Crippen LogP contribution in [0.5, 0.6) is 11.6 Å². The number of nitriles is 1. The van der Waals surface area contributed by atoms with E-state index in [4.69, 9.17) is 14.7 Å². The molecule has 0 bridgehead atoms. The van der Waals surface area contributed by atoms with Gasteiger partial charge in [0.15, 0.2) is 11.9 Å². The second-order valence-electron chi connectivity index (χ2n) is 6.75. The summed E-state index contributed by atoms with van der Waals surface area (Å²) in [7, 11) is 0. The third-order valence-electron chi connectivity index (χ3n) is 4.83. The highest BCUT2D eigenvalue weighted by atomic mass is 19.1. The maximum absolute atomic E-state index is 14.0. The number of carbonyl (C=O) groups excluding carboxylic acids is 1. The minimum absolute atomic E-state index is 0.0813. The van der Waals surface area contributed by atoms with Crippen molar-refractivity contribution < 1.29 is 18.7 Å². The number of halogens is 1. The lowest BCUT2D eigenvalue weighted by atomic mass is 10.0. The van der Waals surface area contributed by atoms with E-state index in [1.165, 1.54) is 10.7 Å². The number of rotatable bonds is 3. The van der Waals surface area contributed by atoms with Gasteiger partial charge in [0.1, 0.15) is 18.5 Å². The Morgan fingerprint density at radius 2 is 2.33 bits per heavy atom. The number of benzene rings is 1. The summed E-state index contributed by atoms with van der Waals surface area (Å²) < 4.78 is 26.6.